The molecule has 2 aromatic carbocycles. The summed E-state index contributed by atoms with van der Waals surface area (Å²) < 4.78 is 1.13. The molecular formula is C18H22BrN. The zero-order valence-electron chi connectivity index (χ0n) is 12.4. The second kappa shape index (κ2) is 7.05. The van der Waals surface area contributed by atoms with Crippen LogP contribution in [-0.4, -0.2) is 6.54 Å². The van der Waals surface area contributed by atoms with Crippen LogP contribution >= 0.6 is 15.9 Å². The standard InChI is InChI=1S/C18H22BrN/c1-4-14-6-8-15(9-7-14)18(20-5-2)17-11-10-16(19)12-13(17)3/h6-12,18,20H,4-5H2,1-3H3. The Labute approximate surface area is 130 Å². The lowest BCUT2D eigenvalue weighted by Crippen LogP contribution is -2.22. The summed E-state index contributed by atoms with van der Waals surface area (Å²) in [5.41, 5.74) is 5.37. The van der Waals surface area contributed by atoms with Gasteiger partial charge in [-0.05, 0) is 54.3 Å². The minimum Gasteiger partial charge on any atom is -0.307 e. The van der Waals surface area contributed by atoms with Crippen molar-refractivity contribution in [2.75, 3.05) is 6.54 Å². The number of halogens is 1. The second-order valence-corrected chi connectivity index (χ2v) is 6.00. The highest BCUT2D eigenvalue weighted by Crippen LogP contribution is 2.27. The van der Waals surface area contributed by atoms with Crippen molar-refractivity contribution in [3.05, 3.63) is 69.2 Å². The predicted octanol–water partition coefficient (Wildman–Crippen LogP) is 5.02. The van der Waals surface area contributed by atoms with Crippen LogP contribution in [0, 0.1) is 6.92 Å². The number of benzene rings is 2. The van der Waals surface area contributed by atoms with Crippen LogP contribution in [-0.2, 0) is 6.42 Å². The van der Waals surface area contributed by atoms with Gasteiger partial charge in [0.05, 0.1) is 6.04 Å². The minimum absolute atomic E-state index is 0.263. The Hall–Kier alpha value is -1.12. The highest BCUT2D eigenvalue weighted by Gasteiger charge is 2.15. The smallest absolute Gasteiger partial charge is 0.0579 e. The molecule has 0 amide bonds. The quantitative estimate of drug-likeness (QED) is 0.811. The maximum atomic E-state index is 3.60. The van der Waals surface area contributed by atoms with Gasteiger partial charge in [0.2, 0.25) is 0 Å². The van der Waals surface area contributed by atoms with Crippen LogP contribution in [0.15, 0.2) is 46.9 Å². The van der Waals surface area contributed by atoms with E-state index in [9.17, 15) is 0 Å². The zero-order valence-corrected chi connectivity index (χ0v) is 14.0. The summed E-state index contributed by atoms with van der Waals surface area (Å²) >= 11 is 3.54. The van der Waals surface area contributed by atoms with Gasteiger partial charge in [0.25, 0.3) is 0 Å². The van der Waals surface area contributed by atoms with Crippen LogP contribution in [0.25, 0.3) is 0 Å². The Balaban J connectivity index is 2.38. The average molecular weight is 332 g/mol. The van der Waals surface area contributed by atoms with Crippen LogP contribution in [0.2, 0.25) is 0 Å². The molecule has 0 saturated heterocycles. The molecule has 0 aliphatic carbocycles. The van der Waals surface area contributed by atoms with Gasteiger partial charge in [-0.2, -0.15) is 0 Å². The fraction of sp³-hybridized carbons (Fsp3) is 0.333. The molecule has 1 nitrogen and oxygen atoms in total. The third kappa shape index (κ3) is 3.50. The van der Waals surface area contributed by atoms with E-state index in [0.717, 1.165) is 17.4 Å². The number of hydrogen-bond donors (Lipinski definition) is 1. The van der Waals surface area contributed by atoms with Crippen LogP contribution in [0.3, 0.4) is 0 Å². The first kappa shape index (κ1) is 15.3. The fourth-order valence-corrected chi connectivity index (χ4v) is 3.00. The largest absolute Gasteiger partial charge is 0.307 e. The first-order chi connectivity index (χ1) is 9.65. The van der Waals surface area contributed by atoms with Gasteiger partial charge in [-0.1, -0.05) is 60.1 Å². The summed E-state index contributed by atoms with van der Waals surface area (Å²) in [5, 5.41) is 3.60. The minimum atomic E-state index is 0.263. The molecule has 0 aromatic heterocycles. The molecule has 1 N–H and O–H groups in total. The first-order valence-corrected chi connectivity index (χ1v) is 8.03. The van der Waals surface area contributed by atoms with Gasteiger partial charge in [-0.3, -0.25) is 0 Å². The molecule has 106 valence electrons. The highest BCUT2D eigenvalue weighted by molar-refractivity contribution is 9.10. The monoisotopic (exact) mass is 331 g/mol. The van der Waals surface area contributed by atoms with E-state index in [2.05, 4.69) is 84.5 Å². The molecule has 2 aromatic rings. The van der Waals surface area contributed by atoms with Gasteiger partial charge in [0, 0.05) is 4.47 Å². The van der Waals surface area contributed by atoms with Crippen molar-refractivity contribution in [1.82, 2.24) is 5.32 Å². The number of nitrogens with one attached hydrogen (secondary N) is 1. The van der Waals surface area contributed by atoms with Crippen LogP contribution in [0.5, 0.6) is 0 Å². The Bertz CT molecular complexity index is 560. The van der Waals surface area contributed by atoms with Crippen molar-refractivity contribution < 1.29 is 0 Å². The molecule has 1 unspecified atom stereocenters. The molecule has 20 heavy (non-hydrogen) atoms. The molecule has 0 radical (unpaired) electrons. The lowest BCUT2D eigenvalue weighted by Gasteiger charge is -2.21. The summed E-state index contributed by atoms with van der Waals surface area (Å²) in [7, 11) is 0. The van der Waals surface area contributed by atoms with Crippen LogP contribution in [0.4, 0.5) is 0 Å². The number of rotatable bonds is 5. The summed E-state index contributed by atoms with van der Waals surface area (Å²) in [6, 6.07) is 15.7. The van der Waals surface area contributed by atoms with E-state index in [1.165, 1.54) is 22.3 Å². The molecule has 0 aliphatic rings. The Morgan fingerprint density at radius 2 is 1.75 bits per heavy atom. The lowest BCUT2D eigenvalue weighted by atomic mass is 9.94. The van der Waals surface area contributed by atoms with E-state index >= 15 is 0 Å². The van der Waals surface area contributed by atoms with Crippen molar-refractivity contribution in [2.24, 2.45) is 0 Å². The third-order valence-corrected chi connectivity index (χ3v) is 4.17. The van der Waals surface area contributed by atoms with Crippen molar-refractivity contribution in [1.29, 1.82) is 0 Å². The molecule has 0 spiro atoms. The van der Waals surface area contributed by atoms with Gasteiger partial charge >= 0.3 is 0 Å². The predicted molar refractivity (Wildman–Crippen MR) is 90.2 cm³/mol. The summed E-state index contributed by atoms with van der Waals surface area (Å²) in [4.78, 5) is 0. The zero-order chi connectivity index (χ0) is 14.5. The van der Waals surface area contributed by atoms with Crippen LogP contribution in [0.1, 0.15) is 42.1 Å². The molecule has 0 bridgehead atoms. The Morgan fingerprint density at radius 3 is 2.30 bits per heavy atom. The molecule has 2 heteroatoms. The molecule has 2 rings (SSSR count). The normalized spacial score (nSPS) is 12.4. The average Bonchev–Trinajstić information content (AvgIpc) is 2.46. The summed E-state index contributed by atoms with van der Waals surface area (Å²) in [6.45, 7) is 7.47. The van der Waals surface area contributed by atoms with Crippen molar-refractivity contribution in [3.63, 3.8) is 0 Å². The molecule has 0 saturated carbocycles. The Morgan fingerprint density at radius 1 is 1.05 bits per heavy atom. The lowest BCUT2D eigenvalue weighted by molar-refractivity contribution is 0.627. The summed E-state index contributed by atoms with van der Waals surface area (Å²) in [6.07, 6.45) is 1.09. The van der Waals surface area contributed by atoms with E-state index in [-0.39, 0.29) is 6.04 Å². The van der Waals surface area contributed by atoms with Gasteiger partial charge in [-0.25, -0.2) is 0 Å². The van der Waals surface area contributed by atoms with E-state index in [1.807, 2.05) is 0 Å². The van der Waals surface area contributed by atoms with E-state index in [1.54, 1.807) is 0 Å². The highest BCUT2D eigenvalue weighted by atomic mass is 79.9. The molecule has 0 heterocycles. The van der Waals surface area contributed by atoms with Crippen LogP contribution < -0.4 is 5.32 Å². The third-order valence-electron chi connectivity index (χ3n) is 3.67. The topological polar surface area (TPSA) is 12.0 Å². The molecule has 1 atom stereocenters. The molecular weight excluding hydrogens is 310 g/mol. The van der Waals surface area contributed by atoms with Crippen molar-refractivity contribution in [3.8, 4) is 0 Å². The van der Waals surface area contributed by atoms with Crippen molar-refractivity contribution >= 4 is 15.9 Å². The number of aryl methyl sites for hydroxylation is 2. The van der Waals surface area contributed by atoms with Gasteiger partial charge in [-0.15, -0.1) is 0 Å². The van der Waals surface area contributed by atoms with E-state index in [4.69, 9.17) is 0 Å². The molecule has 0 aliphatic heterocycles. The van der Waals surface area contributed by atoms with E-state index < -0.39 is 0 Å². The maximum Gasteiger partial charge on any atom is 0.0579 e. The SMILES string of the molecule is CCNC(c1ccc(CC)cc1)c1ccc(Br)cc1C. The Kier molecular flexibility index (Phi) is 5.38. The van der Waals surface area contributed by atoms with Crippen molar-refractivity contribution in [2.45, 2.75) is 33.2 Å². The maximum absolute atomic E-state index is 3.60. The summed E-state index contributed by atoms with van der Waals surface area (Å²) in [5.74, 6) is 0. The molecule has 0 fully saturated rings. The van der Waals surface area contributed by atoms with Gasteiger partial charge < -0.3 is 5.32 Å². The second-order valence-electron chi connectivity index (χ2n) is 5.09. The van der Waals surface area contributed by atoms with E-state index in [0.29, 0.717) is 0 Å². The first-order valence-electron chi connectivity index (χ1n) is 7.24. The van der Waals surface area contributed by atoms with Gasteiger partial charge in [0.1, 0.15) is 0 Å². The number of hydrogen-bond acceptors (Lipinski definition) is 1. The fourth-order valence-electron chi connectivity index (χ4n) is 2.52. The van der Waals surface area contributed by atoms with Gasteiger partial charge in [0.15, 0.2) is 0 Å².